The zero-order valence-corrected chi connectivity index (χ0v) is 13.8. The maximum absolute atomic E-state index is 12.5. The molecular formula is C9H3Br4FO2. The standard InChI is InChI=1S/C9H3Br4FO2/c1-3(14)9(15)16-5-2-4(10)6(11)8(13)7(5)12/h2H,1H2. The molecule has 0 radical (unpaired) electrons. The summed E-state index contributed by atoms with van der Waals surface area (Å²) in [6, 6.07) is 1.53. The van der Waals surface area contributed by atoms with E-state index in [9.17, 15) is 9.18 Å². The smallest absolute Gasteiger partial charge is 0.371 e. The number of carbonyl (C=O) groups is 1. The summed E-state index contributed by atoms with van der Waals surface area (Å²) >= 11 is 13.0. The van der Waals surface area contributed by atoms with Gasteiger partial charge in [-0.1, -0.05) is 6.58 Å². The highest BCUT2D eigenvalue weighted by Crippen LogP contribution is 2.42. The van der Waals surface area contributed by atoms with Crippen molar-refractivity contribution in [3.8, 4) is 5.75 Å². The van der Waals surface area contributed by atoms with Crippen LogP contribution in [0.5, 0.6) is 5.75 Å². The molecule has 0 saturated heterocycles. The summed E-state index contributed by atoms with van der Waals surface area (Å²) in [7, 11) is 0. The van der Waals surface area contributed by atoms with E-state index in [1.165, 1.54) is 6.07 Å². The van der Waals surface area contributed by atoms with Crippen LogP contribution >= 0.6 is 63.7 Å². The molecule has 86 valence electrons. The van der Waals surface area contributed by atoms with Gasteiger partial charge < -0.3 is 4.74 Å². The van der Waals surface area contributed by atoms with Crippen LogP contribution in [0.3, 0.4) is 0 Å². The van der Waals surface area contributed by atoms with Crippen molar-refractivity contribution in [1.82, 2.24) is 0 Å². The van der Waals surface area contributed by atoms with Crippen molar-refractivity contribution >= 4 is 69.7 Å². The van der Waals surface area contributed by atoms with Gasteiger partial charge in [0, 0.05) is 8.95 Å². The molecule has 0 aliphatic carbocycles. The lowest BCUT2D eigenvalue weighted by Crippen LogP contribution is -2.08. The van der Waals surface area contributed by atoms with Crippen LogP contribution in [-0.2, 0) is 4.79 Å². The molecule has 0 heterocycles. The summed E-state index contributed by atoms with van der Waals surface area (Å²) in [5.74, 6) is -2.09. The molecule has 1 aromatic rings. The van der Waals surface area contributed by atoms with Crippen LogP contribution in [-0.4, -0.2) is 5.97 Å². The molecule has 2 nitrogen and oxygen atoms in total. The van der Waals surface area contributed by atoms with Gasteiger partial charge in [-0.15, -0.1) is 0 Å². The molecule has 1 rings (SSSR count). The second-order valence-electron chi connectivity index (χ2n) is 2.59. The number of hydrogen-bond donors (Lipinski definition) is 0. The van der Waals surface area contributed by atoms with Crippen molar-refractivity contribution in [2.45, 2.75) is 0 Å². The molecule has 0 aliphatic rings. The van der Waals surface area contributed by atoms with Gasteiger partial charge in [0.15, 0.2) is 0 Å². The maximum Gasteiger partial charge on any atom is 0.371 e. The molecule has 0 N–H and O–H groups in total. The molecular weight excluding hydrogens is 479 g/mol. The van der Waals surface area contributed by atoms with Gasteiger partial charge >= 0.3 is 5.97 Å². The van der Waals surface area contributed by atoms with Gasteiger partial charge in [0.1, 0.15) is 5.75 Å². The molecule has 0 amide bonds. The topological polar surface area (TPSA) is 26.3 Å². The van der Waals surface area contributed by atoms with Crippen LogP contribution in [0, 0.1) is 0 Å². The zero-order chi connectivity index (χ0) is 12.5. The molecule has 0 saturated carbocycles. The van der Waals surface area contributed by atoms with Gasteiger partial charge in [0.05, 0.1) is 8.95 Å². The summed E-state index contributed by atoms with van der Waals surface area (Å²) in [5, 5.41) is 0. The van der Waals surface area contributed by atoms with Crippen LogP contribution in [0.25, 0.3) is 0 Å². The normalized spacial score (nSPS) is 10.1. The molecule has 0 bridgehead atoms. The van der Waals surface area contributed by atoms with Crippen molar-refractivity contribution in [3.63, 3.8) is 0 Å². The maximum atomic E-state index is 12.5. The highest BCUT2D eigenvalue weighted by atomic mass is 79.9. The Labute approximate surface area is 125 Å². The van der Waals surface area contributed by atoms with Crippen molar-refractivity contribution in [2.75, 3.05) is 0 Å². The highest BCUT2D eigenvalue weighted by molar-refractivity contribution is 9.15. The summed E-state index contributed by atoms with van der Waals surface area (Å²) < 4.78 is 19.8. The number of rotatable bonds is 2. The Hall–Kier alpha value is 0.280. The fraction of sp³-hybridized carbons (Fsp3) is 0. The SMILES string of the molecule is C=C(F)C(=O)Oc1cc(Br)c(Br)c(Br)c1Br. The van der Waals surface area contributed by atoms with Crippen LogP contribution in [0.1, 0.15) is 0 Å². The van der Waals surface area contributed by atoms with Crippen molar-refractivity contribution < 1.29 is 13.9 Å². The number of halogens is 5. The lowest BCUT2D eigenvalue weighted by atomic mass is 10.3. The number of esters is 1. The van der Waals surface area contributed by atoms with E-state index in [1.807, 2.05) is 0 Å². The van der Waals surface area contributed by atoms with E-state index in [1.54, 1.807) is 0 Å². The Morgan fingerprint density at radius 2 is 1.75 bits per heavy atom. The first-order valence-corrected chi connectivity index (χ1v) is 6.91. The van der Waals surface area contributed by atoms with E-state index in [2.05, 4.69) is 70.3 Å². The van der Waals surface area contributed by atoms with Gasteiger partial charge in [-0.3, -0.25) is 0 Å². The first kappa shape index (κ1) is 14.3. The lowest BCUT2D eigenvalue weighted by molar-refractivity contribution is -0.131. The first-order valence-electron chi connectivity index (χ1n) is 3.74. The van der Waals surface area contributed by atoms with Gasteiger partial charge in [0.2, 0.25) is 5.83 Å². The Bertz CT molecular complexity index is 473. The zero-order valence-electron chi connectivity index (χ0n) is 7.49. The average Bonchev–Trinajstić information content (AvgIpc) is 2.22. The molecule has 0 fully saturated rings. The van der Waals surface area contributed by atoms with E-state index < -0.39 is 11.8 Å². The van der Waals surface area contributed by atoms with Gasteiger partial charge in [-0.05, 0) is 69.8 Å². The Morgan fingerprint density at radius 3 is 2.25 bits per heavy atom. The Morgan fingerprint density at radius 1 is 1.19 bits per heavy atom. The number of ether oxygens (including phenoxy) is 1. The van der Waals surface area contributed by atoms with E-state index in [-0.39, 0.29) is 5.75 Å². The summed E-state index contributed by atoms with van der Waals surface area (Å²) in [6.07, 6.45) is 0. The van der Waals surface area contributed by atoms with Crippen molar-refractivity contribution in [1.29, 1.82) is 0 Å². The molecule has 0 unspecified atom stereocenters. The Kier molecular flexibility index (Phi) is 5.15. The van der Waals surface area contributed by atoms with Crippen molar-refractivity contribution in [2.24, 2.45) is 0 Å². The fourth-order valence-electron chi connectivity index (χ4n) is 0.781. The van der Waals surface area contributed by atoms with Crippen molar-refractivity contribution in [3.05, 3.63) is 36.4 Å². The van der Waals surface area contributed by atoms with Gasteiger partial charge in [-0.2, -0.15) is 4.39 Å². The molecule has 0 spiro atoms. The second-order valence-corrected chi connectivity index (χ2v) is 5.83. The lowest BCUT2D eigenvalue weighted by Gasteiger charge is -2.09. The van der Waals surface area contributed by atoms with Crippen LogP contribution in [0.2, 0.25) is 0 Å². The minimum atomic E-state index is -1.15. The Balaban J connectivity index is 3.16. The van der Waals surface area contributed by atoms with E-state index in [4.69, 9.17) is 4.74 Å². The summed E-state index contributed by atoms with van der Waals surface area (Å²) in [4.78, 5) is 11.0. The molecule has 16 heavy (non-hydrogen) atoms. The van der Waals surface area contributed by atoms with E-state index in [0.29, 0.717) is 13.4 Å². The van der Waals surface area contributed by atoms with Crippen LogP contribution < -0.4 is 4.74 Å². The molecule has 0 aromatic heterocycles. The minimum absolute atomic E-state index is 0.186. The quantitative estimate of drug-likeness (QED) is 0.193. The van der Waals surface area contributed by atoms with Gasteiger partial charge in [-0.25, -0.2) is 4.79 Å². The number of hydrogen-bond acceptors (Lipinski definition) is 2. The first-order chi connectivity index (χ1) is 7.34. The van der Waals surface area contributed by atoms with Crippen LogP contribution in [0.15, 0.2) is 36.4 Å². The van der Waals surface area contributed by atoms with Crippen LogP contribution in [0.4, 0.5) is 4.39 Å². The molecule has 1 aromatic carbocycles. The monoisotopic (exact) mass is 478 g/mol. The molecule has 0 aliphatic heterocycles. The van der Waals surface area contributed by atoms with E-state index in [0.717, 1.165) is 4.47 Å². The minimum Gasteiger partial charge on any atom is -0.420 e. The third-order valence-corrected chi connectivity index (χ3v) is 6.12. The van der Waals surface area contributed by atoms with Gasteiger partial charge in [0.25, 0.3) is 0 Å². The fourth-order valence-corrected chi connectivity index (χ4v) is 2.83. The molecule has 7 heteroatoms. The summed E-state index contributed by atoms with van der Waals surface area (Å²) in [5.41, 5.74) is 0. The van der Waals surface area contributed by atoms with E-state index >= 15 is 0 Å². The molecule has 0 atom stereocenters. The number of benzene rings is 1. The third-order valence-electron chi connectivity index (χ3n) is 1.49. The number of carbonyl (C=O) groups excluding carboxylic acids is 1. The highest BCUT2D eigenvalue weighted by Gasteiger charge is 2.16. The second kappa shape index (κ2) is 5.75. The third kappa shape index (κ3) is 3.15. The largest absolute Gasteiger partial charge is 0.420 e. The summed E-state index contributed by atoms with van der Waals surface area (Å²) in [6.45, 7) is 2.85. The average molecular weight is 482 g/mol. The predicted octanol–water partition coefficient (Wildman–Crippen LogP) is 5.13. The predicted molar refractivity (Wildman–Crippen MR) is 73.1 cm³/mol.